The quantitative estimate of drug-likeness (QED) is 0.331. The van der Waals surface area contributed by atoms with Crippen molar-refractivity contribution in [3.8, 4) is 22.9 Å². The number of hydrogen-bond donors (Lipinski definition) is 0. The number of benzene rings is 3. The normalized spacial score (nSPS) is 15.1. The van der Waals surface area contributed by atoms with Gasteiger partial charge in [0, 0.05) is 11.0 Å². The molecule has 2 heteroatoms. The van der Waals surface area contributed by atoms with Gasteiger partial charge in [-0.3, -0.25) is 0 Å². The second kappa shape index (κ2) is 7.86. The molecular formula is C30H27NO. The van der Waals surface area contributed by atoms with Gasteiger partial charge >= 0.3 is 0 Å². The average molecular weight is 418 g/mol. The van der Waals surface area contributed by atoms with Gasteiger partial charge in [-0.2, -0.15) is 5.26 Å². The van der Waals surface area contributed by atoms with Crippen LogP contribution in [0.5, 0.6) is 5.75 Å². The van der Waals surface area contributed by atoms with E-state index in [9.17, 15) is 0 Å². The lowest BCUT2D eigenvalue weighted by Gasteiger charge is -2.16. The highest BCUT2D eigenvalue weighted by Crippen LogP contribution is 2.62. The Kier molecular flexibility index (Phi) is 5.01. The van der Waals surface area contributed by atoms with Crippen molar-refractivity contribution in [2.45, 2.75) is 46.6 Å². The summed E-state index contributed by atoms with van der Waals surface area (Å²) in [7, 11) is 0. The maximum atomic E-state index is 8.93. The molecule has 32 heavy (non-hydrogen) atoms. The Morgan fingerprint density at radius 1 is 0.969 bits per heavy atom. The average Bonchev–Trinajstić information content (AvgIpc) is 3.48. The molecule has 1 fully saturated rings. The van der Waals surface area contributed by atoms with Gasteiger partial charge in [0.2, 0.25) is 0 Å². The Morgan fingerprint density at radius 2 is 1.72 bits per heavy atom. The third-order valence-corrected chi connectivity index (χ3v) is 7.13. The van der Waals surface area contributed by atoms with Crippen molar-refractivity contribution in [2.75, 3.05) is 0 Å². The number of ether oxygens (including phenoxy) is 1. The molecule has 2 nitrogen and oxygen atoms in total. The molecule has 0 saturated heterocycles. The molecule has 0 N–H and O–H groups in total. The molecule has 0 aromatic heterocycles. The van der Waals surface area contributed by atoms with E-state index < -0.39 is 0 Å². The van der Waals surface area contributed by atoms with Gasteiger partial charge in [0.25, 0.3) is 0 Å². The SMILES string of the molecule is Cc1cccc(C)c1-c1cccc(COc2ccc3c(c2)CC2(CC2)C3=C=CC#N)c1C. The largest absolute Gasteiger partial charge is 0.489 e. The number of allylic oxidation sites excluding steroid dienone is 1. The summed E-state index contributed by atoms with van der Waals surface area (Å²) in [5, 5.41) is 8.93. The number of nitriles is 1. The van der Waals surface area contributed by atoms with Crippen LogP contribution >= 0.6 is 0 Å². The summed E-state index contributed by atoms with van der Waals surface area (Å²) in [6, 6.07) is 21.4. The van der Waals surface area contributed by atoms with E-state index in [1.807, 2.05) is 0 Å². The second-order valence-electron chi connectivity index (χ2n) is 9.21. The van der Waals surface area contributed by atoms with Crippen LogP contribution in [0.1, 0.15) is 46.2 Å². The fourth-order valence-electron chi connectivity index (χ4n) is 5.21. The predicted molar refractivity (Wildman–Crippen MR) is 129 cm³/mol. The van der Waals surface area contributed by atoms with Gasteiger partial charge in [-0.05, 0) is 96.7 Å². The monoisotopic (exact) mass is 417 g/mol. The van der Waals surface area contributed by atoms with E-state index >= 15 is 0 Å². The molecule has 0 aliphatic heterocycles. The molecule has 3 aromatic carbocycles. The molecule has 5 rings (SSSR count). The Balaban J connectivity index is 1.40. The van der Waals surface area contributed by atoms with Crippen LogP contribution in [0.2, 0.25) is 0 Å². The van der Waals surface area contributed by atoms with Crippen molar-refractivity contribution < 1.29 is 4.74 Å². The topological polar surface area (TPSA) is 33.0 Å². The van der Waals surface area contributed by atoms with Crippen molar-refractivity contribution in [2.24, 2.45) is 5.41 Å². The van der Waals surface area contributed by atoms with Crippen LogP contribution in [0.25, 0.3) is 16.7 Å². The first kappa shape index (κ1) is 20.4. The van der Waals surface area contributed by atoms with Crippen molar-refractivity contribution in [1.29, 1.82) is 5.26 Å². The fourth-order valence-corrected chi connectivity index (χ4v) is 5.21. The molecule has 0 radical (unpaired) electrons. The van der Waals surface area contributed by atoms with Gasteiger partial charge in [-0.25, -0.2) is 0 Å². The van der Waals surface area contributed by atoms with E-state index in [2.05, 4.69) is 87.2 Å². The van der Waals surface area contributed by atoms with E-state index in [1.54, 1.807) is 0 Å². The van der Waals surface area contributed by atoms with Crippen LogP contribution in [0.4, 0.5) is 0 Å². The van der Waals surface area contributed by atoms with Gasteiger partial charge in [-0.15, -0.1) is 5.73 Å². The van der Waals surface area contributed by atoms with Gasteiger partial charge in [0.15, 0.2) is 0 Å². The van der Waals surface area contributed by atoms with Crippen molar-refractivity contribution in [1.82, 2.24) is 0 Å². The van der Waals surface area contributed by atoms with Crippen LogP contribution < -0.4 is 4.74 Å². The summed E-state index contributed by atoms with van der Waals surface area (Å²) in [6.45, 7) is 7.09. The lowest BCUT2D eigenvalue weighted by Crippen LogP contribution is -2.01. The summed E-state index contributed by atoms with van der Waals surface area (Å²) < 4.78 is 6.26. The zero-order chi connectivity index (χ0) is 22.3. The molecule has 2 aliphatic rings. The molecule has 3 aromatic rings. The zero-order valence-corrected chi connectivity index (χ0v) is 19.0. The van der Waals surface area contributed by atoms with Crippen molar-refractivity contribution in [3.05, 3.63) is 99.8 Å². The Bertz CT molecular complexity index is 1310. The van der Waals surface area contributed by atoms with E-state index in [-0.39, 0.29) is 5.41 Å². The molecule has 1 spiro atoms. The standard InChI is InChI=1S/C30H27NO/c1-20-7-4-8-21(2)29(20)26-10-5-9-23(22(26)3)19-32-25-12-13-27-24(17-25)18-30(14-15-30)28(27)11-6-16-31/h4-10,12-13,17H,14-15,18-19H2,1-3H3. The third kappa shape index (κ3) is 3.46. The maximum absolute atomic E-state index is 8.93. The zero-order valence-electron chi connectivity index (χ0n) is 19.0. The minimum absolute atomic E-state index is 0.213. The summed E-state index contributed by atoms with van der Waals surface area (Å²) in [5.41, 5.74) is 14.9. The molecule has 0 heterocycles. The van der Waals surface area contributed by atoms with Gasteiger partial charge in [0.1, 0.15) is 12.4 Å². The van der Waals surface area contributed by atoms with E-state index in [0.717, 1.165) is 12.2 Å². The number of fused-ring (bicyclic) bond motifs is 1. The van der Waals surface area contributed by atoms with E-state index in [1.165, 1.54) is 69.0 Å². The maximum Gasteiger partial charge on any atom is 0.120 e. The van der Waals surface area contributed by atoms with Gasteiger partial charge < -0.3 is 4.74 Å². The highest BCUT2D eigenvalue weighted by molar-refractivity contribution is 5.80. The highest BCUT2D eigenvalue weighted by atomic mass is 16.5. The van der Waals surface area contributed by atoms with Crippen LogP contribution in [0.15, 0.2) is 66.4 Å². The lowest BCUT2D eigenvalue weighted by atomic mass is 9.91. The molecular weight excluding hydrogens is 390 g/mol. The highest BCUT2D eigenvalue weighted by Gasteiger charge is 2.51. The summed E-state index contributed by atoms with van der Waals surface area (Å²) in [6.07, 6.45) is 4.89. The molecule has 0 amide bonds. The van der Waals surface area contributed by atoms with Crippen molar-refractivity contribution in [3.63, 3.8) is 0 Å². The number of hydrogen-bond acceptors (Lipinski definition) is 2. The van der Waals surface area contributed by atoms with Crippen LogP contribution in [0, 0.1) is 37.5 Å². The molecule has 0 unspecified atom stereocenters. The van der Waals surface area contributed by atoms with Crippen LogP contribution in [-0.4, -0.2) is 0 Å². The Morgan fingerprint density at radius 3 is 2.44 bits per heavy atom. The minimum atomic E-state index is 0.213. The van der Waals surface area contributed by atoms with Crippen LogP contribution in [0.3, 0.4) is 0 Å². The Labute approximate surface area is 190 Å². The molecule has 0 bridgehead atoms. The number of nitrogens with zero attached hydrogens (tertiary/aromatic N) is 1. The second-order valence-corrected chi connectivity index (χ2v) is 9.21. The molecule has 0 atom stereocenters. The van der Waals surface area contributed by atoms with Gasteiger partial charge in [0.05, 0.1) is 12.1 Å². The first-order valence-corrected chi connectivity index (χ1v) is 11.3. The summed E-state index contributed by atoms with van der Waals surface area (Å²) in [5.74, 6) is 0.905. The Hall–Kier alpha value is -3.53. The molecule has 158 valence electrons. The predicted octanol–water partition coefficient (Wildman–Crippen LogP) is 7.26. The van der Waals surface area contributed by atoms with E-state index in [0.29, 0.717) is 6.61 Å². The van der Waals surface area contributed by atoms with Gasteiger partial charge in [-0.1, -0.05) is 42.5 Å². The summed E-state index contributed by atoms with van der Waals surface area (Å²) in [4.78, 5) is 0. The first-order valence-electron chi connectivity index (χ1n) is 11.3. The first-order chi connectivity index (χ1) is 15.5. The minimum Gasteiger partial charge on any atom is -0.489 e. The smallest absolute Gasteiger partial charge is 0.120 e. The van der Waals surface area contributed by atoms with E-state index in [4.69, 9.17) is 10.00 Å². The number of rotatable bonds is 4. The molecule has 2 aliphatic carbocycles. The summed E-state index contributed by atoms with van der Waals surface area (Å²) >= 11 is 0. The van der Waals surface area contributed by atoms with Crippen LogP contribution in [-0.2, 0) is 13.0 Å². The fraction of sp³-hybridized carbons (Fsp3) is 0.267. The van der Waals surface area contributed by atoms with Crippen molar-refractivity contribution >= 4 is 5.57 Å². The third-order valence-electron chi connectivity index (χ3n) is 7.13. The number of aryl methyl sites for hydroxylation is 2. The lowest BCUT2D eigenvalue weighted by molar-refractivity contribution is 0.305. The molecule has 1 saturated carbocycles.